The maximum Gasteiger partial charge on any atom is 0.224 e. The third-order valence-electron chi connectivity index (χ3n) is 3.43. The van der Waals surface area contributed by atoms with Gasteiger partial charge in [-0.1, -0.05) is 18.2 Å². The number of imidazole rings is 1. The van der Waals surface area contributed by atoms with Gasteiger partial charge < -0.3 is 9.72 Å². The Bertz CT molecular complexity index is 826. The van der Waals surface area contributed by atoms with Gasteiger partial charge in [0.2, 0.25) is 5.91 Å². The Balaban J connectivity index is 1.64. The molecule has 4 nitrogen and oxygen atoms in total. The molecular formula is C17H16FN3O. The van der Waals surface area contributed by atoms with Gasteiger partial charge in [0.1, 0.15) is 11.5 Å². The number of hydrogen-bond acceptors (Lipinski definition) is 2. The number of amides is 1. The van der Waals surface area contributed by atoms with Crippen LogP contribution in [0.5, 0.6) is 0 Å². The van der Waals surface area contributed by atoms with E-state index < -0.39 is 0 Å². The fourth-order valence-electron chi connectivity index (χ4n) is 2.37. The summed E-state index contributed by atoms with van der Waals surface area (Å²) in [6, 6.07) is 10.2. The van der Waals surface area contributed by atoms with Crippen LogP contribution in [0.4, 0.5) is 10.1 Å². The van der Waals surface area contributed by atoms with Crippen molar-refractivity contribution in [3.05, 3.63) is 65.9 Å². The molecule has 1 N–H and O–H groups in total. The first-order valence-electron chi connectivity index (χ1n) is 7.10. The summed E-state index contributed by atoms with van der Waals surface area (Å²) in [5, 5.41) is 2.82. The average Bonchev–Trinajstić information content (AvgIpc) is 2.86. The highest BCUT2D eigenvalue weighted by Crippen LogP contribution is 2.13. The van der Waals surface area contributed by atoms with E-state index in [9.17, 15) is 9.18 Å². The standard InChI is InChI=1S/C17H16FN3O/c1-12-10-21-11-14(7-8-16(21)19-12)20-17(22)9-6-13-4-2-3-5-15(13)18/h2-5,7-8,10-11H,6,9H2,1H3,(H,20,22). The second-order valence-corrected chi connectivity index (χ2v) is 5.21. The van der Waals surface area contributed by atoms with Crippen LogP contribution in [0.1, 0.15) is 17.7 Å². The molecule has 112 valence electrons. The lowest BCUT2D eigenvalue weighted by Crippen LogP contribution is -2.13. The van der Waals surface area contributed by atoms with Gasteiger partial charge >= 0.3 is 0 Å². The Morgan fingerprint density at radius 1 is 1.23 bits per heavy atom. The predicted octanol–water partition coefficient (Wildman–Crippen LogP) is 3.35. The molecule has 0 spiro atoms. The van der Waals surface area contributed by atoms with Gasteiger partial charge in [-0.25, -0.2) is 9.37 Å². The molecule has 5 heteroatoms. The van der Waals surface area contributed by atoms with Crippen molar-refractivity contribution in [1.29, 1.82) is 0 Å². The van der Waals surface area contributed by atoms with E-state index in [4.69, 9.17) is 0 Å². The van der Waals surface area contributed by atoms with Crippen LogP contribution in [-0.2, 0) is 11.2 Å². The first kappa shape index (κ1) is 14.3. The fourth-order valence-corrected chi connectivity index (χ4v) is 2.37. The van der Waals surface area contributed by atoms with Crippen molar-refractivity contribution in [2.45, 2.75) is 19.8 Å². The molecule has 0 fully saturated rings. The normalized spacial score (nSPS) is 10.8. The van der Waals surface area contributed by atoms with Crippen LogP contribution in [0.3, 0.4) is 0 Å². The summed E-state index contributed by atoms with van der Waals surface area (Å²) in [7, 11) is 0. The minimum Gasteiger partial charge on any atom is -0.325 e. The molecule has 0 unspecified atom stereocenters. The van der Waals surface area contributed by atoms with Crippen LogP contribution in [-0.4, -0.2) is 15.3 Å². The van der Waals surface area contributed by atoms with Crippen LogP contribution in [0.25, 0.3) is 5.65 Å². The van der Waals surface area contributed by atoms with E-state index in [2.05, 4.69) is 10.3 Å². The molecule has 2 aromatic heterocycles. The van der Waals surface area contributed by atoms with Gasteiger partial charge in [0, 0.05) is 18.8 Å². The van der Waals surface area contributed by atoms with Crippen molar-refractivity contribution in [1.82, 2.24) is 9.38 Å². The Morgan fingerprint density at radius 2 is 2.05 bits per heavy atom. The zero-order valence-corrected chi connectivity index (χ0v) is 12.2. The highest BCUT2D eigenvalue weighted by Gasteiger charge is 2.07. The van der Waals surface area contributed by atoms with Crippen molar-refractivity contribution in [3.8, 4) is 0 Å². The number of carbonyl (C=O) groups excluding carboxylic acids is 1. The lowest BCUT2D eigenvalue weighted by Gasteiger charge is -2.06. The summed E-state index contributed by atoms with van der Waals surface area (Å²) in [4.78, 5) is 16.3. The predicted molar refractivity (Wildman–Crippen MR) is 83.3 cm³/mol. The van der Waals surface area contributed by atoms with Gasteiger partial charge in [-0.2, -0.15) is 0 Å². The molecule has 0 aliphatic rings. The van der Waals surface area contributed by atoms with Crippen LogP contribution in [0.15, 0.2) is 48.8 Å². The molecule has 0 aliphatic heterocycles. The summed E-state index contributed by atoms with van der Waals surface area (Å²) in [6.45, 7) is 1.92. The lowest BCUT2D eigenvalue weighted by molar-refractivity contribution is -0.116. The number of nitrogens with zero attached hydrogens (tertiary/aromatic N) is 2. The summed E-state index contributed by atoms with van der Waals surface area (Å²) >= 11 is 0. The van der Waals surface area contributed by atoms with E-state index in [0.717, 1.165) is 11.3 Å². The van der Waals surface area contributed by atoms with E-state index in [0.29, 0.717) is 17.7 Å². The second-order valence-electron chi connectivity index (χ2n) is 5.21. The molecule has 2 heterocycles. The Morgan fingerprint density at radius 3 is 2.86 bits per heavy atom. The molecule has 0 saturated heterocycles. The van der Waals surface area contributed by atoms with E-state index in [-0.39, 0.29) is 18.1 Å². The fraction of sp³-hybridized carbons (Fsp3) is 0.176. The third-order valence-corrected chi connectivity index (χ3v) is 3.43. The molecule has 3 aromatic rings. The second kappa shape index (κ2) is 5.97. The van der Waals surface area contributed by atoms with Crippen LogP contribution >= 0.6 is 0 Å². The molecule has 0 atom stereocenters. The SMILES string of the molecule is Cc1cn2cc(NC(=O)CCc3ccccc3F)ccc2n1. The number of pyridine rings is 1. The first-order chi connectivity index (χ1) is 10.6. The lowest BCUT2D eigenvalue weighted by atomic mass is 10.1. The summed E-state index contributed by atoms with van der Waals surface area (Å²) in [6.07, 6.45) is 4.33. The molecule has 22 heavy (non-hydrogen) atoms. The van der Waals surface area contributed by atoms with E-state index in [1.165, 1.54) is 6.07 Å². The van der Waals surface area contributed by atoms with Gasteiger partial charge in [0.25, 0.3) is 0 Å². The van der Waals surface area contributed by atoms with Crippen molar-refractivity contribution in [3.63, 3.8) is 0 Å². The molecular weight excluding hydrogens is 281 g/mol. The minimum absolute atomic E-state index is 0.139. The van der Waals surface area contributed by atoms with Gasteiger partial charge in [0.05, 0.1) is 11.4 Å². The van der Waals surface area contributed by atoms with Gasteiger partial charge in [-0.15, -0.1) is 0 Å². The number of rotatable bonds is 4. The van der Waals surface area contributed by atoms with Gasteiger partial charge in [0.15, 0.2) is 0 Å². The number of anilines is 1. The number of hydrogen-bond donors (Lipinski definition) is 1. The van der Waals surface area contributed by atoms with E-state index >= 15 is 0 Å². The van der Waals surface area contributed by atoms with Crippen molar-refractivity contribution in [2.24, 2.45) is 0 Å². The molecule has 0 saturated carbocycles. The quantitative estimate of drug-likeness (QED) is 0.802. The van der Waals surface area contributed by atoms with Crippen molar-refractivity contribution < 1.29 is 9.18 Å². The van der Waals surface area contributed by atoms with Crippen LogP contribution in [0, 0.1) is 12.7 Å². The number of nitrogens with one attached hydrogen (secondary N) is 1. The van der Waals surface area contributed by atoms with E-state index in [1.807, 2.05) is 35.9 Å². The van der Waals surface area contributed by atoms with E-state index in [1.54, 1.807) is 18.2 Å². The first-order valence-corrected chi connectivity index (χ1v) is 7.10. The average molecular weight is 297 g/mol. The monoisotopic (exact) mass is 297 g/mol. The highest BCUT2D eigenvalue weighted by molar-refractivity contribution is 5.90. The van der Waals surface area contributed by atoms with Gasteiger partial charge in [-0.3, -0.25) is 4.79 Å². The third kappa shape index (κ3) is 3.14. The maximum atomic E-state index is 13.5. The van der Waals surface area contributed by atoms with Crippen LogP contribution < -0.4 is 5.32 Å². The van der Waals surface area contributed by atoms with Crippen molar-refractivity contribution >= 4 is 17.2 Å². The Labute approximate surface area is 127 Å². The molecule has 3 rings (SSSR count). The highest BCUT2D eigenvalue weighted by atomic mass is 19.1. The topological polar surface area (TPSA) is 46.4 Å². The van der Waals surface area contributed by atoms with Gasteiger partial charge in [-0.05, 0) is 37.1 Å². The maximum absolute atomic E-state index is 13.5. The molecule has 0 radical (unpaired) electrons. The number of carbonyl (C=O) groups is 1. The summed E-state index contributed by atoms with van der Waals surface area (Å²) in [5.41, 5.74) is 3.01. The Hall–Kier alpha value is -2.69. The molecule has 1 amide bonds. The smallest absolute Gasteiger partial charge is 0.224 e. The molecule has 1 aromatic carbocycles. The zero-order chi connectivity index (χ0) is 15.5. The number of aryl methyl sites for hydroxylation is 2. The number of fused-ring (bicyclic) bond motifs is 1. The number of benzene rings is 1. The van der Waals surface area contributed by atoms with Crippen molar-refractivity contribution in [2.75, 3.05) is 5.32 Å². The summed E-state index contributed by atoms with van der Waals surface area (Å²) in [5.74, 6) is -0.412. The minimum atomic E-state index is -0.273. The zero-order valence-electron chi connectivity index (χ0n) is 12.2. The number of aromatic nitrogens is 2. The molecule has 0 aliphatic carbocycles. The molecule has 0 bridgehead atoms. The summed E-state index contributed by atoms with van der Waals surface area (Å²) < 4.78 is 15.4. The number of halogens is 1. The largest absolute Gasteiger partial charge is 0.325 e. The van der Waals surface area contributed by atoms with Crippen LogP contribution in [0.2, 0.25) is 0 Å². The Kier molecular flexibility index (Phi) is 3.87.